The zero-order valence-electron chi connectivity index (χ0n) is 10.4. The molecule has 1 aromatic rings. The third-order valence-electron chi connectivity index (χ3n) is 3.30. The summed E-state index contributed by atoms with van der Waals surface area (Å²) in [7, 11) is 0. The van der Waals surface area contributed by atoms with Crippen LogP contribution < -0.4 is 4.90 Å². The van der Waals surface area contributed by atoms with Gasteiger partial charge in [0.1, 0.15) is 0 Å². The van der Waals surface area contributed by atoms with E-state index in [1.165, 1.54) is 0 Å². The van der Waals surface area contributed by atoms with Crippen LogP contribution in [-0.4, -0.2) is 29.6 Å². The molecular weight excluding hydrogens is 214 g/mol. The Morgan fingerprint density at radius 2 is 2.12 bits per heavy atom. The molecule has 3 nitrogen and oxygen atoms in total. The molecule has 2 rings (SSSR count). The first-order chi connectivity index (χ1) is 7.99. The van der Waals surface area contributed by atoms with E-state index in [9.17, 15) is 9.90 Å². The highest BCUT2D eigenvalue weighted by Crippen LogP contribution is 2.28. The molecule has 1 atom stereocenters. The molecule has 1 aromatic carbocycles. The number of nitrogens with zero attached hydrogens (tertiary/aromatic N) is 1. The predicted molar refractivity (Wildman–Crippen MR) is 68.5 cm³/mol. The molecule has 0 spiro atoms. The van der Waals surface area contributed by atoms with E-state index in [2.05, 4.69) is 4.90 Å². The number of aliphatic hydroxyl groups is 1. The number of ketones is 1. The van der Waals surface area contributed by atoms with Gasteiger partial charge in [0.05, 0.1) is 5.60 Å². The smallest absolute Gasteiger partial charge is 0.161 e. The van der Waals surface area contributed by atoms with Crippen molar-refractivity contribution < 1.29 is 9.90 Å². The van der Waals surface area contributed by atoms with Gasteiger partial charge in [0.15, 0.2) is 5.78 Å². The van der Waals surface area contributed by atoms with Crippen LogP contribution in [0.15, 0.2) is 24.3 Å². The van der Waals surface area contributed by atoms with Gasteiger partial charge in [-0.15, -0.1) is 0 Å². The normalized spacial score (nSPS) is 24.8. The number of carbonyl (C=O) groups excluding carboxylic acids is 1. The minimum absolute atomic E-state index is 0.0748. The molecule has 1 fully saturated rings. The van der Waals surface area contributed by atoms with E-state index in [0.717, 1.165) is 30.6 Å². The number of β-amino-alcohol motifs (C(OH)–C–C–N with tert-alkyl or cyclic N) is 1. The van der Waals surface area contributed by atoms with Gasteiger partial charge in [-0.2, -0.15) is 0 Å². The maximum atomic E-state index is 11.6. The Bertz CT molecular complexity index is 426. The monoisotopic (exact) mass is 233 g/mol. The Labute approximate surface area is 102 Å². The van der Waals surface area contributed by atoms with Crippen molar-refractivity contribution in [3.05, 3.63) is 29.8 Å². The van der Waals surface area contributed by atoms with Gasteiger partial charge in [-0.05, 0) is 38.8 Å². The summed E-state index contributed by atoms with van der Waals surface area (Å²) in [5, 5.41) is 10.1. The molecular formula is C14H19NO2. The number of carbonyl (C=O) groups is 1. The lowest BCUT2D eigenvalue weighted by Crippen LogP contribution is -2.46. The maximum absolute atomic E-state index is 11.6. The second kappa shape index (κ2) is 4.49. The van der Waals surface area contributed by atoms with Crippen LogP contribution in [0.2, 0.25) is 0 Å². The fourth-order valence-electron chi connectivity index (χ4n) is 2.47. The highest BCUT2D eigenvalue weighted by Gasteiger charge is 2.29. The van der Waals surface area contributed by atoms with Crippen molar-refractivity contribution in [1.29, 1.82) is 0 Å². The third kappa shape index (κ3) is 2.67. The molecule has 0 bridgehead atoms. The lowest BCUT2D eigenvalue weighted by Gasteiger charge is -2.38. The van der Waals surface area contributed by atoms with Crippen LogP contribution in [0, 0.1) is 0 Å². The summed E-state index contributed by atoms with van der Waals surface area (Å²) in [5.41, 5.74) is 1.03. The Balaban J connectivity index is 2.30. The molecule has 1 aliphatic heterocycles. The number of hydrogen-bond donors (Lipinski definition) is 1. The Morgan fingerprint density at radius 1 is 1.41 bits per heavy atom. The minimum atomic E-state index is -0.651. The van der Waals surface area contributed by atoms with E-state index in [-0.39, 0.29) is 5.78 Å². The molecule has 0 radical (unpaired) electrons. The number of para-hydroxylation sites is 1. The molecule has 3 heteroatoms. The van der Waals surface area contributed by atoms with Crippen LogP contribution in [-0.2, 0) is 0 Å². The fourth-order valence-corrected chi connectivity index (χ4v) is 2.47. The van der Waals surface area contributed by atoms with E-state index in [1.54, 1.807) is 6.92 Å². The van der Waals surface area contributed by atoms with Crippen molar-refractivity contribution in [3.8, 4) is 0 Å². The molecule has 0 aromatic heterocycles. The van der Waals surface area contributed by atoms with Crippen molar-refractivity contribution in [3.63, 3.8) is 0 Å². The molecule has 1 unspecified atom stereocenters. The number of rotatable bonds is 2. The lowest BCUT2D eigenvalue weighted by atomic mass is 9.94. The highest BCUT2D eigenvalue weighted by atomic mass is 16.3. The van der Waals surface area contributed by atoms with Gasteiger partial charge < -0.3 is 10.0 Å². The van der Waals surface area contributed by atoms with Crippen molar-refractivity contribution in [2.24, 2.45) is 0 Å². The van der Waals surface area contributed by atoms with Gasteiger partial charge in [0.2, 0.25) is 0 Å². The van der Waals surface area contributed by atoms with E-state index in [1.807, 2.05) is 31.2 Å². The van der Waals surface area contributed by atoms with E-state index >= 15 is 0 Å². The number of Topliss-reactive ketones (excluding diaryl/α,β-unsaturated/α-hetero) is 1. The van der Waals surface area contributed by atoms with Crippen LogP contribution in [0.3, 0.4) is 0 Å². The van der Waals surface area contributed by atoms with Gasteiger partial charge >= 0.3 is 0 Å². The zero-order chi connectivity index (χ0) is 12.5. The van der Waals surface area contributed by atoms with Gasteiger partial charge in [0, 0.05) is 24.3 Å². The Morgan fingerprint density at radius 3 is 2.76 bits per heavy atom. The standard InChI is InChI=1S/C14H19NO2/c1-11(16)12-6-3-4-7-13(12)15-9-5-8-14(2,17)10-15/h3-4,6-7,17H,5,8-10H2,1-2H3. The van der Waals surface area contributed by atoms with Gasteiger partial charge in [-0.1, -0.05) is 12.1 Å². The Kier molecular flexibility index (Phi) is 3.20. The zero-order valence-corrected chi connectivity index (χ0v) is 10.4. The molecule has 92 valence electrons. The van der Waals surface area contributed by atoms with Crippen LogP contribution in [0.25, 0.3) is 0 Å². The fraction of sp³-hybridized carbons (Fsp3) is 0.500. The SMILES string of the molecule is CC(=O)c1ccccc1N1CCCC(C)(O)C1. The number of piperidine rings is 1. The average molecular weight is 233 g/mol. The predicted octanol–water partition coefficient (Wildman–Crippen LogP) is 2.24. The third-order valence-corrected chi connectivity index (χ3v) is 3.30. The molecule has 0 aliphatic carbocycles. The van der Waals surface area contributed by atoms with E-state index < -0.39 is 5.60 Å². The van der Waals surface area contributed by atoms with Crippen molar-refractivity contribution in [2.75, 3.05) is 18.0 Å². The van der Waals surface area contributed by atoms with E-state index in [0.29, 0.717) is 6.54 Å². The molecule has 17 heavy (non-hydrogen) atoms. The molecule has 1 saturated heterocycles. The summed E-state index contributed by atoms with van der Waals surface area (Å²) in [6, 6.07) is 7.62. The molecule has 1 aliphatic rings. The van der Waals surface area contributed by atoms with Crippen molar-refractivity contribution in [1.82, 2.24) is 0 Å². The maximum Gasteiger partial charge on any atom is 0.161 e. The molecule has 0 saturated carbocycles. The second-order valence-corrected chi connectivity index (χ2v) is 5.10. The highest BCUT2D eigenvalue weighted by molar-refractivity contribution is 5.99. The van der Waals surface area contributed by atoms with Crippen molar-refractivity contribution >= 4 is 11.5 Å². The summed E-state index contributed by atoms with van der Waals surface area (Å²) in [4.78, 5) is 13.7. The van der Waals surface area contributed by atoms with Gasteiger partial charge in [-0.25, -0.2) is 0 Å². The summed E-state index contributed by atoms with van der Waals surface area (Å²) in [6.45, 7) is 4.94. The van der Waals surface area contributed by atoms with Crippen LogP contribution >= 0.6 is 0 Å². The quantitative estimate of drug-likeness (QED) is 0.796. The lowest BCUT2D eigenvalue weighted by molar-refractivity contribution is 0.0448. The second-order valence-electron chi connectivity index (χ2n) is 5.10. The first-order valence-corrected chi connectivity index (χ1v) is 6.07. The van der Waals surface area contributed by atoms with Crippen molar-refractivity contribution in [2.45, 2.75) is 32.3 Å². The minimum Gasteiger partial charge on any atom is -0.388 e. The number of benzene rings is 1. The van der Waals surface area contributed by atoms with Gasteiger partial charge in [0.25, 0.3) is 0 Å². The van der Waals surface area contributed by atoms with Crippen LogP contribution in [0.1, 0.15) is 37.0 Å². The van der Waals surface area contributed by atoms with Gasteiger partial charge in [-0.3, -0.25) is 4.79 Å². The van der Waals surface area contributed by atoms with E-state index in [4.69, 9.17) is 0 Å². The van der Waals surface area contributed by atoms with Crippen LogP contribution in [0.4, 0.5) is 5.69 Å². The average Bonchev–Trinajstić information content (AvgIpc) is 2.27. The number of hydrogen-bond acceptors (Lipinski definition) is 3. The molecule has 1 heterocycles. The largest absolute Gasteiger partial charge is 0.388 e. The van der Waals surface area contributed by atoms with Crippen LogP contribution in [0.5, 0.6) is 0 Å². The Hall–Kier alpha value is -1.35. The number of anilines is 1. The topological polar surface area (TPSA) is 40.5 Å². The first-order valence-electron chi connectivity index (χ1n) is 6.07. The summed E-state index contributed by atoms with van der Waals surface area (Å²) < 4.78 is 0. The first kappa shape index (κ1) is 12.1. The molecule has 0 amide bonds. The molecule has 1 N–H and O–H groups in total. The summed E-state index contributed by atoms with van der Waals surface area (Å²) >= 11 is 0. The summed E-state index contributed by atoms with van der Waals surface area (Å²) in [5.74, 6) is 0.0748. The summed E-state index contributed by atoms with van der Waals surface area (Å²) in [6.07, 6.45) is 1.78.